The van der Waals surface area contributed by atoms with Gasteiger partial charge in [0, 0.05) is 20.3 Å². The van der Waals surface area contributed by atoms with Gasteiger partial charge in [0.05, 0.1) is 10.7 Å². The van der Waals surface area contributed by atoms with Gasteiger partial charge in [0.25, 0.3) is 0 Å². The average Bonchev–Trinajstić information content (AvgIpc) is 2.45. The Bertz CT molecular complexity index is 361. The quantitative estimate of drug-likeness (QED) is 0.488. The number of carbonyl (C=O) groups excluding carboxylic acids is 1. The van der Waals surface area contributed by atoms with Crippen molar-refractivity contribution >= 4 is 28.2 Å². The average molecular weight is 261 g/mol. The highest BCUT2D eigenvalue weighted by molar-refractivity contribution is 9.10. The third-order valence-electron chi connectivity index (χ3n) is 1.33. The molecule has 14 heavy (non-hydrogen) atoms. The van der Waals surface area contributed by atoms with Gasteiger partial charge in [-0.15, -0.1) is 0 Å². The Morgan fingerprint density at radius 1 is 1.86 bits per heavy atom. The first-order valence-electron chi connectivity index (χ1n) is 3.74. The smallest absolute Gasteiger partial charge is 0.323 e. The summed E-state index contributed by atoms with van der Waals surface area (Å²) < 4.78 is 2.40. The van der Waals surface area contributed by atoms with Crippen molar-refractivity contribution in [3.05, 3.63) is 16.4 Å². The Morgan fingerprint density at radius 3 is 3.07 bits per heavy atom. The number of hydrogen-bond donors (Lipinski definition) is 1. The minimum Gasteiger partial charge on any atom is -0.323 e. The molecule has 0 bridgehead atoms. The van der Waals surface area contributed by atoms with E-state index in [1.165, 1.54) is 13.3 Å². The number of aromatic nitrogens is 2. The standard InChI is InChI=1S/C7H9BrN4O2/c1-9-7(13)14-10-3-6-5(8)4-12(2)11-6/h3-4H,1-2H3,(H,9,13). The van der Waals surface area contributed by atoms with Crippen LogP contribution in [0.15, 0.2) is 15.8 Å². The molecule has 0 aliphatic carbocycles. The Hall–Kier alpha value is -1.37. The number of halogens is 1. The van der Waals surface area contributed by atoms with Gasteiger partial charge in [0.2, 0.25) is 0 Å². The molecule has 0 radical (unpaired) electrons. The summed E-state index contributed by atoms with van der Waals surface area (Å²) >= 11 is 3.27. The first-order chi connectivity index (χ1) is 6.63. The van der Waals surface area contributed by atoms with E-state index in [2.05, 4.69) is 36.3 Å². The predicted molar refractivity (Wildman–Crippen MR) is 54.0 cm³/mol. The Kier molecular flexibility index (Phi) is 3.63. The molecule has 1 heterocycles. The van der Waals surface area contributed by atoms with Crippen LogP contribution in [0.25, 0.3) is 0 Å². The van der Waals surface area contributed by atoms with Crippen LogP contribution in [0.4, 0.5) is 4.79 Å². The summed E-state index contributed by atoms with van der Waals surface area (Å²) in [5.74, 6) is 0. The number of rotatable bonds is 2. The monoisotopic (exact) mass is 260 g/mol. The van der Waals surface area contributed by atoms with E-state index in [0.29, 0.717) is 5.69 Å². The van der Waals surface area contributed by atoms with Gasteiger partial charge < -0.3 is 5.32 Å². The van der Waals surface area contributed by atoms with E-state index in [9.17, 15) is 4.79 Å². The van der Waals surface area contributed by atoms with Crippen molar-refractivity contribution in [3.63, 3.8) is 0 Å². The highest BCUT2D eigenvalue weighted by Crippen LogP contribution is 2.11. The van der Waals surface area contributed by atoms with Crippen LogP contribution >= 0.6 is 15.9 Å². The first-order valence-corrected chi connectivity index (χ1v) is 4.54. The molecule has 0 aliphatic rings. The van der Waals surface area contributed by atoms with Crippen LogP contribution in [0.2, 0.25) is 0 Å². The van der Waals surface area contributed by atoms with E-state index in [4.69, 9.17) is 0 Å². The second kappa shape index (κ2) is 4.75. The van der Waals surface area contributed by atoms with Crippen molar-refractivity contribution in [1.82, 2.24) is 15.1 Å². The molecule has 0 aliphatic heterocycles. The second-order valence-corrected chi connectivity index (χ2v) is 3.25. The van der Waals surface area contributed by atoms with Gasteiger partial charge >= 0.3 is 6.09 Å². The van der Waals surface area contributed by atoms with Crippen molar-refractivity contribution < 1.29 is 9.63 Å². The van der Waals surface area contributed by atoms with Gasteiger partial charge in [-0.1, -0.05) is 5.16 Å². The van der Waals surface area contributed by atoms with E-state index in [1.807, 2.05) is 0 Å². The zero-order chi connectivity index (χ0) is 10.6. The summed E-state index contributed by atoms with van der Waals surface area (Å²) in [6, 6.07) is 0. The normalized spacial score (nSPS) is 10.5. The van der Waals surface area contributed by atoms with Crippen LogP contribution < -0.4 is 5.32 Å². The van der Waals surface area contributed by atoms with E-state index in [1.54, 1.807) is 17.9 Å². The highest BCUT2D eigenvalue weighted by atomic mass is 79.9. The fourth-order valence-corrected chi connectivity index (χ4v) is 1.21. The van der Waals surface area contributed by atoms with Crippen molar-refractivity contribution in [3.8, 4) is 0 Å². The van der Waals surface area contributed by atoms with Gasteiger partial charge in [-0.2, -0.15) is 5.10 Å². The maximum Gasteiger partial charge on any atom is 0.433 e. The molecule has 0 atom stereocenters. The van der Waals surface area contributed by atoms with Crippen LogP contribution in [0.5, 0.6) is 0 Å². The third-order valence-corrected chi connectivity index (χ3v) is 1.94. The number of nitrogens with zero attached hydrogens (tertiary/aromatic N) is 3. The molecule has 0 saturated heterocycles. The van der Waals surface area contributed by atoms with Gasteiger partial charge in [-0.05, 0) is 15.9 Å². The molecular formula is C7H9BrN4O2. The molecule has 76 valence electrons. The van der Waals surface area contributed by atoms with Gasteiger partial charge in [-0.3, -0.25) is 9.52 Å². The summed E-state index contributed by atoms with van der Waals surface area (Å²) in [5.41, 5.74) is 0.594. The topological polar surface area (TPSA) is 68.5 Å². The predicted octanol–water partition coefficient (Wildman–Crippen LogP) is 0.872. The molecule has 0 saturated carbocycles. The van der Waals surface area contributed by atoms with Gasteiger partial charge in [-0.25, -0.2) is 4.79 Å². The van der Waals surface area contributed by atoms with Crippen LogP contribution in [0, 0.1) is 0 Å². The highest BCUT2D eigenvalue weighted by Gasteiger charge is 2.01. The van der Waals surface area contributed by atoms with Crippen LogP contribution in [0.3, 0.4) is 0 Å². The Labute approximate surface area is 89.0 Å². The number of oxime groups is 1. The summed E-state index contributed by atoms with van der Waals surface area (Å²) in [7, 11) is 3.23. The van der Waals surface area contributed by atoms with Crippen molar-refractivity contribution in [2.75, 3.05) is 7.05 Å². The summed E-state index contributed by atoms with van der Waals surface area (Å²) in [6.07, 6.45) is 2.49. The van der Waals surface area contributed by atoms with Crippen molar-refractivity contribution in [2.24, 2.45) is 12.2 Å². The van der Waals surface area contributed by atoms with Gasteiger partial charge in [0.1, 0.15) is 5.69 Å². The SMILES string of the molecule is CNC(=O)ON=Cc1nn(C)cc1Br. The van der Waals surface area contributed by atoms with Gasteiger partial charge in [0.15, 0.2) is 0 Å². The van der Waals surface area contributed by atoms with E-state index in [0.717, 1.165) is 4.47 Å². The molecule has 1 aromatic heterocycles. The minimum atomic E-state index is -0.617. The Balaban J connectivity index is 2.60. The maximum absolute atomic E-state index is 10.6. The number of carbonyl (C=O) groups is 1. The van der Waals surface area contributed by atoms with Crippen molar-refractivity contribution in [1.29, 1.82) is 0 Å². The molecule has 0 fully saturated rings. The second-order valence-electron chi connectivity index (χ2n) is 2.40. The summed E-state index contributed by atoms with van der Waals surface area (Å²) in [4.78, 5) is 15.0. The van der Waals surface area contributed by atoms with Crippen LogP contribution in [-0.2, 0) is 11.9 Å². The van der Waals surface area contributed by atoms with Crippen molar-refractivity contribution in [2.45, 2.75) is 0 Å². The lowest BCUT2D eigenvalue weighted by Gasteiger charge is -1.92. The number of amides is 1. The lowest BCUT2D eigenvalue weighted by atomic mass is 10.5. The number of hydrogen-bond acceptors (Lipinski definition) is 4. The van der Waals surface area contributed by atoms with E-state index < -0.39 is 6.09 Å². The van der Waals surface area contributed by atoms with E-state index in [-0.39, 0.29) is 0 Å². The molecule has 0 spiro atoms. The molecule has 1 N–H and O–H groups in total. The lowest BCUT2D eigenvalue weighted by Crippen LogP contribution is -2.16. The fourth-order valence-electron chi connectivity index (χ4n) is 0.734. The van der Waals surface area contributed by atoms with E-state index >= 15 is 0 Å². The molecular weight excluding hydrogens is 252 g/mol. The molecule has 0 aromatic carbocycles. The molecule has 1 rings (SSSR count). The lowest BCUT2D eigenvalue weighted by molar-refractivity contribution is 0.154. The first kappa shape index (κ1) is 10.7. The zero-order valence-corrected chi connectivity index (χ0v) is 9.28. The molecule has 0 unspecified atom stereocenters. The largest absolute Gasteiger partial charge is 0.433 e. The Morgan fingerprint density at radius 2 is 2.57 bits per heavy atom. The van der Waals surface area contributed by atoms with Crippen LogP contribution in [0.1, 0.15) is 5.69 Å². The number of nitrogens with one attached hydrogen (secondary N) is 1. The molecule has 7 heteroatoms. The third kappa shape index (κ3) is 2.84. The summed E-state index contributed by atoms with van der Waals surface area (Å²) in [6.45, 7) is 0. The maximum atomic E-state index is 10.6. The number of aryl methyl sites for hydroxylation is 1. The molecule has 1 aromatic rings. The molecule has 6 nitrogen and oxygen atoms in total. The minimum absolute atomic E-state index is 0.594. The fraction of sp³-hybridized carbons (Fsp3) is 0.286. The summed E-state index contributed by atoms with van der Waals surface area (Å²) in [5, 5.41) is 9.74. The zero-order valence-electron chi connectivity index (χ0n) is 7.69. The molecule has 1 amide bonds. The van der Waals surface area contributed by atoms with Crippen LogP contribution in [-0.4, -0.2) is 29.1 Å².